The zero-order valence-electron chi connectivity index (χ0n) is 20.4. The second kappa shape index (κ2) is 9.20. The predicted molar refractivity (Wildman–Crippen MR) is 138 cm³/mol. The minimum Gasteiger partial charge on any atom is -0.481 e. The number of pyridine rings is 1. The highest BCUT2D eigenvalue weighted by Crippen LogP contribution is 2.38. The normalized spacial score (nSPS) is 19.2. The van der Waals surface area contributed by atoms with Crippen molar-refractivity contribution in [1.82, 2.24) is 24.3 Å². The molecule has 6 rings (SSSR count). The van der Waals surface area contributed by atoms with Crippen LogP contribution in [0.1, 0.15) is 47.8 Å². The lowest BCUT2D eigenvalue weighted by molar-refractivity contribution is -0.130. The number of methoxy groups -OCH3 is 1. The fraction of sp³-hybridized carbons (Fsp3) is 0.296. The lowest BCUT2D eigenvalue weighted by Crippen LogP contribution is -2.41. The molecule has 2 aliphatic heterocycles. The van der Waals surface area contributed by atoms with E-state index in [2.05, 4.69) is 15.3 Å². The van der Waals surface area contributed by atoms with Crippen molar-refractivity contribution in [3.05, 3.63) is 66.2 Å². The van der Waals surface area contributed by atoms with Gasteiger partial charge in [0.15, 0.2) is 0 Å². The van der Waals surface area contributed by atoms with Crippen molar-refractivity contribution in [2.75, 3.05) is 24.7 Å². The molecule has 0 spiro atoms. The zero-order chi connectivity index (χ0) is 25.5. The van der Waals surface area contributed by atoms with Crippen LogP contribution in [0.2, 0.25) is 0 Å². The van der Waals surface area contributed by atoms with E-state index in [1.54, 1.807) is 36.5 Å². The first-order valence-electron chi connectivity index (χ1n) is 12.4. The Bertz CT molecular complexity index is 1500. The van der Waals surface area contributed by atoms with E-state index in [0.717, 1.165) is 36.2 Å². The van der Waals surface area contributed by atoms with Crippen LogP contribution >= 0.6 is 0 Å². The van der Waals surface area contributed by atoms with E-state index in [0.29, 0.717) is 47.8 Å². The monoisotopic (exact) mass is 497 g/mol. The number of carbonyl (C=O) groups excluding carboxylic acids is 2. The van der Waals surface area contributed by atoms with E-state index in [4.69, 9.17) is 15.5 Å². The molecule has 0 bridgehead atoms. The number of piperidine rings is 1. The molecule has 2 amide bonds. The number of nitrogens with zero attached hydrogens (tertiary/aromatic N) is 5. The highest BCUT2D eigenvalue weighted by molar-refractivity contribution is 6.04. The summed E-state index contributed by atoms with van der Waals surface area (Å²) in [6.45, 7) is 0.668. The summed E-state index contributed by atoms with van der Waals surface area (Å²) in [7, 11) is 1.52. The Morgan fingerprint density at radius 3 is 2.76 bits per heavy atom. The fourth-order valence-corrected chi connectivity index (χ4v) is 5.42. The van der Waals surface area contributed by atoms with Gasteiger partial charge in [0.05, 0.1) is 7.11 Å². The third-order valence-electron chi connectivity index (χ3n) is 7.29. The SMILES string of the molecule is COc1cccc(NC(=O)c2ccc(-c3nc(C4CCC5CCC(=O)N5C4)n4ccnc(N)c34)cc2)n1. The number of nitrogens with one attached hydrogen (secondary N) is 1. The van der Waals surface area contributed by atoms with Crippen LogP contribution in [-0.4, -0.2) is 55.8 Å². The first kappa shape index (κ1) is 23.0. The van der Waals surface area contributed by atoms with E-state index in [1.807, 2.05) is 27.6 Å². The molecule has 188 valence electrons. The molecular weight excluding hydrogens is 470 g/mol. The summed E-state index contributed by atoms with van der Waals surface area (Å²) >= 11 is 0. The largest absolute Gasteiger partial charge is 0.481 e. The summed E-state index contributed by atoms with van der Waals surface area (Å²) in [4.78, 5) is 40.7. The predicted octanol–water partition coefficient (Wildman–Crippen LogP) is 3.50. The Balaban J connectivity index is 1.30. The van der Waals surface area contributed by atoms with Crippen LogP contribution in [-0.2, 0) is 4.79 Å². The zero-order valence-corrected chi connectivity index (χ0v) is 20.4. The van der Waals surface area contributed by atoms with Gasteiger partial charge >= 0.3 is 0 Å². The second-order valence-corrected chi connectivity index (χ2v) is 9.46. The number of benzene rings is 1. The van der Waals surface area contributed by atoms with Crippen LogP contribution in [0.4, 0.5) is 11.6 Å². The standard InChI is InChI=1S/C27H27N7O3/c1-37-21-4-2-3-20(30-21)31-27(36)17-7-5-16(6-8-17)23-24-25(28)29-13-14-33(24)26(32-23)18-9-10-19-11-12-22(35)34(19)15-18/h2-8,13-14,18-19H,9-12,15H2,1H3,(H2,28,29)(H,30,31,36). The number of amides is 2. The van der Waals surface area contributed by atoms with Crippen LogP contribution < -0.4 is 15.8 Å². The van der Waals surface area contributed by atoms with Gasteiger partial charge in [-0.05, 0) is 37.5 Å². The Kier molecular flexibility index (Phi) is 5.71. The van der Waals surface area contributed by atoms with E-state index < -0.39 is 0 Å². The molecule has 5 heterocycles. The van der Waals surface area contributed by atoms with Crippen LogP contribution in [0.5, 0.6) is 5.88 Å². The minimum absolute atomic E-state index is 0.113. The summed E-state index contributed by atoms with van der Waals surface area (Å²) in [5.74, 6) is 2.15. The van der Waals surface area contributed by atoms with Crippen molar-refractivity contribution < 1.29 is 14.3 Å². The number of nitrogen functional groups attached to an aromatic ring is 1. The smallest absolute Gasteiger partial charge is 0.256 e. The van der Waals surface area contributed by atoms with Gasteiger partial charge in [-0.1, -0.05) is 18.2 Å². The van der Waals surface area contributed by atoms with Crippen LogP contribution in [0.25, 0.3) is 16.8 Å². The number of imidazole rings is 1. The maximum Gasteiger partial charge on any atom is 0.256 e. The number of ether oxygens (including phenoxy) is 1. The molecule has 0 aliphatic carbocycles. The number of hydrogen-bond donors (Lipinski definition) is 2. The van der Waals surface area contributed by atoms with Gasteiger partial charge in [-0.3, -0.25) is 14.0 Å². The Hall–Kier alpha value is -4.47. The molecular formula is C27H27N7O3. The lowest BCUT2D eigenvalue weighted by Gasteiger charge is -2.34. The quantitative estimate of drug-likeness (QED) is 0.432. The molecule has 3 N–H and O–H groups in total. The average molecular weight is 498 g/mol. The lowest BCUT2D eigenvalue weighted by atomic mass is 9.92. The number of rotatable bonds is 5. The fourth-order valence-electron chi connectivity index (χ4n) is 5.42. The maximum absolute atomic E-state index is 12.8. The van der Waals surface area contributed by atoms with Gasteiger partial charge in [0.2, 0.25) is 11.8 Å². The number of carbonyl (C=O) groups is 2. The molecule has 37 heavy (non-hydrogen) atoms. The van der Waals surface area contributed by atoms with Gasteiger partial charge in [0.25, 0.3) is 5.91 Å². The van der Waals surface area contributed by atoms with Crippen molar-refractivity contribution in [1.29, 1.82) is 0 Å². The Labute approximate surface area is 213 Å². The first-order chi connectivity index (χ1) is 18.0. The van der Waals surface area contributed by atoms with E-state index in [9.17, 15) is 9.59 Å². The van der Waals surface area contributed by atoms with Crippen molar-refractivity contribution >= 4 is 29.0 Å². The molecule has 3 aromatic heterocycles. The average Bonchev–Trinajstić information content (AvgIpc) is 3.50. The van der Waals surface area contributed by atoms with Gasteiger partial charge in [-0.25, -0.2) is 9.97 Å². The minimum atomic E-state index is -0.282. The van der Waals surface area contributed by atoms with Crippen molar-refractivity contribution in [2.45, 2.75) is 37.6 Å². The molecule has 2 unspecified atom stereocenters. The summed E-state index contributed by atoms with van der Waals surface area (Å²) in [5, 5.41) is 2.79. The maximum atomic E-state index is 12.8. The molecule has 1 aromatic carbocycles. The number of anilines is 2. The van der Waals surface area contributed by atoms with Crippen LogP contribution in [0, 0.1) is 0 Å². The molecule has 0 saturated carbocycles. The summed E-state index contributed by atoms with van der Waals surface area (Å²) in [6, 6.07) is 12.7. The number of aromatic nitrogens is 4. The second-order valence-electron chi connectivity index (χ2n) is 9.46. The van der Waals surface area contributed by atoms with E-state index >= 15 is 0 Å². The van der Waals surface area contributed by atoms with Gasteiger partial charge < -0.3 is 20.7 Å². The molecule has 10 nitrogen and oxygen atoms in total. The summed E-state index contributed by atoms with van der Waals surface area (Å²) < 4.78 is 7.12. The van der Waals surface area contributed by atoms with Gasteiger partial charge in [0, 0.05) is 54.5 Å². The Morgan fingerprint density at radius 2 is 1.95 bits per heavy atom. The van der Waals surface area contributed by atoms with Crippen LogP contribution in [0.3, 0.4) is 0 Å². The number of fused-ring (bicyclic) bond motifs is 2. The molecule has 4 aromatic rings. The highest BCUT2D eigenvalue weighted by atomic mass is 16.5. The van der Waals surface area contributed by atoms with Crippen molar-refractivity contribution in [3.8, 4) is 17.1 Å². The van der Waals surface area contributed by atoms with Gasteiger partial charge in [-0.15, -0.1) is 0 Å². The summed E-state index contributed by atoms with van der Waals surface area (Å²) in [6.07, 6.45) is 7.07. The highest BCUT2D eigenvalue weighted by Gasteiger charge is 2.38. The third kappa shape index (κ3) is 4.14. The molecule has 2 aliphatic rings. The molecule has 2 saturated heterocycles. The molecule has 0 radical (unpaired) electrons. The summed E-state index contributed by atoms with van der Waals surface area (Å²) in [5.41, 5.74) is 9.05. The van der Waals surface area contributed by atoms with Crippen molar-refractivity contribution in [3.63, 3.8) is 0 Å². The van der Waals surface area contributed by atoms with Gasteiger partial charge in [0.1, 0.15) is 28.7 Å². The Morgan fingerprint density at radius 1 is 1.11 bits per heavy atom. The van der Waals surface area contributed by atoms with E-state index in [-0.39, 0.29) is 17.7 Å². The molecule has 10 heteroatoms. The van der Waals surface area contributed by atoms with E-state index in [1.165, 1.54) is 7.11 Å². The van der Waals surface area contributed by atoms with Gasteiger partial charge in [-0.2, -0.15) is 4.98 Å². The first-order valence-corrected chi connectivity index (χ1v) is 12.4. The third-order valence-corrected chi connectivity index (χ3v) is 7.29. The number of nitrogens with two attached hydrogens (primary N) is 1. The molecule has 2 atom stereocenters. The molecule has 2 fully saturated rings. The number of hydrogen-bond acceptors (Lipinski definition) is 7. The van der Waals surface area contributed by atoms with Crippen molar-refractivity contribution in [2.24, 2.45) is 0 Å². The van der Waals surface area contributed by atoms with Crippen LogP contribution in [0.15, 0.2) is 54.9 Å². The topological polar surface area (TPSA) is 128 Å².